The summed E-state index contributed by atoms with van der Waals surface area (Å²) in [6.45, 7) is 3.87. The highest BCUT2D eigenvalue weighted by atomic mass is 32.2. The number of carbonyl (C=O) groups is 1. The highest BCUT2D eigenvalue weighted by Gasteiger charge is 2.20. The van der Waals surface area contributed by atoms with Crippen LogP contribution in [0.1, 0.15) is 25.5 Å². The van der Waals surface area contributed by atoms with E-state index in [1.165, 1.54) is 24.3 Å². The molecule has 0 saturated heterocycles. The Morgan fingerprint density at radius 1 is 1.04 bits per heavy atom. The van der Waals surface area contributed by atoms with E-state index >= 15 is 0 Å². The van der Waals surface area contributed by atoms with Crippen LogP contribution in [0.5, 0.6) is 0 Å². The molecule has 0 bridgehead atoms. The van der Waals surface area contributed by atoms with Crippen molar-refractivity contribution in [2.24, 2.45) is 5.14 Å². The SMILES string of the molecule is C[C@H]([NH2+][C@H](C)c1ccccc1)C(=O)Nc1ccc(S(N)(=O)=O)cc1. The first kappa shape index (κ1) is 18.1. The van der Waals surface area contributed by atoms with Gasteiger partial charge in [0, 0.05) is 11.3 Å². The third-order valence-corrected chi connectivity index (χ3v) is 4.70. The third kappa shape index (κ3) is 4.89. The van der Waals surface area contributed by atoms with Crippen LogP contribution in [-0.4, -0.2) is 20.4 Å². The average Bonchev–Trinajstić information content (AvgIpc) is 2.55. The fourth-order valence-corrected chi connectivity index (χ4v) is 2.89. The second kappa shape index (κ2) is 7.57. The Kier molecular flexibility index (Phi) is 5.71. The molecule has 5 N–H and O–H groups in total. The number of rotatable bonds is 6. The number of hydrogen-bond donors (Lipinski definition) is 3. The summed E-state index contributed by atoms with van der Waals surface area (Å²) in [7, 11) is -3.73. The van der Waals surface area contributed by atoms with E-state index in [1.807, 2.05) is 49.5 Å². The number of benzene rings is 2. The molecule has 0 spiro atoms. The number of sulfonamides is 1. The molecule has 2 atom stereocenters. The van der Waals surface area contributed by atoms with E-state index in [4.69, 9.17) is 5.14 Å². The Morgan fingerprint density at radius 2 is 1.62 bits per heavy atom. The molecule has 128 valence electrons. The molecule has 0 saturated carbocycles. The van der Waals surface area contributed by atoms with Gasteiger partial charge in [-0.3, -0.25) is 4.79 Å². The zero-order chi connectivity index (χ0) is 17.7. The molecule has 6 nitrogen and oxygen atoms in total. The maximum atomic E-state index is 12.3. The van der Waals surface area contributed by atoms with Crippen LogP contribution in [0.3, 0.4) is 0 Å². The fraction of sp³-hybridized carbons (Fsp3) is 0.235. The number of primary sulfonamides is 1. The molecule has 2 aromatic carbocycles. The van der Waals surface area contributed by atoms with Crippen molar-refractivity contribution in [2.75, 3.05) is 5.32 Å². The molecule has 0 aliphatic rings. The second-order valence-electron chi connectivity index (χ2n) is 5.74. The van der Waals surface area contributed by atoms with Crippen molar-refractivity contribution in [3.05, 3.63) is 60.2 Å². The predicted octanol–water partition coefficient (Wildman–Crippen LogP) is 0.986. The summed E-state index contributed by atoms with van der Waals surface area (Å²) in [4.78, 5) is 12.3. The smallest absolute Gasteiger partial charge is 0.282 e. The summed E-state index contributed by atoms with van der Waals surface area (Å²) < 4.78 is 22.4. The molecular formula is C17H22N3O3S+. The Hall–Kier alpha value is -2.22. The number of hydrogen-bond acceptors (Lipinski definition) is 3. The molecule has 0 aliphatic carbocycles. The number of nitrogens with two attached hydrogens (primary N) is 2. The van der Waals surface area contributed by atoms with E-state index in [2.05, 4.69) is 5.32 Å². The highest BCUT2D eigenvalue weighted by Crippen LogP contribution is 2.13. The standard InChI is InChI=1S/C17H21N3O3S/c1-12(14-6-4-3-5-7-14)19-13(2)17(21)20-15-8-10-16(11-9-15)24(18,22)23/h3-13,19H,1-2H3,(H,20,21)(H2,18,22,23)/p+1/t12-,13+/m1/s1. The minimum atomic E-state index is -3.73. The van der Waals surface area contributed by atoms with E-state index in [0.717, 1.165) is 5.56 Å². The zero-order valence-electron chi connectivity index (χ0n) is 13.6. The lowest BCUT2D eigenvalue weighted by Gasteiger charge is -2.17. The van der Waals surface area contributed by atoms with E-state index in [0.29, 0.717) is 5.69 Å². The monoisotopic (exact) mass is 348 g/mol. The van der Waals surface area contributed by atoms with Gasteiger partial charge in [-0.15, -0.1) is 0 Å². The molecule has 0 heterocycles. The third-order valence-electron chi connectivity index (χ3n) is 3.77. The second-order valence-corrected chi connectivity index (χ2v) is 7.30. The number of carbonyl (C=O) groups excluding carboxylic acids is 1. The number of amides is 1. The van der Waals surface area contributed by atoms with E-state index in [-0.39, 0.29) is 22.9 Å². The molecule has 0 fully saturated rings. The first-order valence-corrected chi connectivity index (χ1v) is 9.15. The van der Waals surface area contributed by atoms with Gasteiger partial charge in [-0.1, -0.05) is 30.3 Å². The van der Waals surface area contributed by atoms with Crippen LogP contribution in [0, 0.1) is 0 Å². The van der Waals surface area contributed by atoms with E-state index in [1.54, 1.807) is 0 Å². The lowest BCUT2D eigenvalue weighted by molar-refractivity contribution is -0.709. The Morgan fingerprint density at radius 3 is 2.17 bits per heavy atom. The van der Waals surface area contributed by atoms with Crippen molar-refractivity contribution in [1.29, 1.82) is 0 Å². The van der Waals surface area contributed by atoms with Gasteiger partial charge < -0.3 is 10.6 Å². The van der Waals surface area contributed by atoms with Gasteiger partial charge in [0.15, 0.2) is 6.04 Å². The molecular weight excluding hydrogens is 326 g/mol. The maximum absolute atomic E-state index is 12.3. The van der Waals surface area contributed by atoms with Crippen LogP contribution in [0.4, 0.5) is 5.69 Å². The van der Waals surface area contributed by atoms with Crippen LogP contribution >= 0.6 is 0 Å². The number of quaternary nitrogens is 1. The molecule has 7 heteroatoms. The normalized spacial score (nSPS) is 14.0. The summed E-state index contributed by atoms with van der Waals surface area (Å²) in [5, 5.41) is 9.79. The molecule has 0 unspecified atom stereocenters. The first-order chi connectivity index (χ1) is 11.3. The quantitative estimate of drug-likeness (QED) is 0.724. The molecule has 2 rings (SSSR count). The molecule has 24 heavy (non-hydrogen) atoms. The van der Waals surface area contributed by atoms with Crippen molar-refractivity contribution in [1.82, 2.24) is 0 Å². The zero-order valence-corrected chi connectivity index (χ0v) is 14.5. The Balaban J connectivity index is 1.96. The van der Waals surface area contributed by atoms with Crippen molar-refractivity contribution in [3.8, 4) is 0 Å². The number of anilines is 1. The van der Waals surface area contributed by atoms with Crippen LogP contribution in [0.2, 0.25) is 0 Å². The summed E-state index contributed by atoms with van der Waals surface area (Å²) in [5.41, 5.74) is 1.68. The van der Waals surface area contributed by atoms with Crippen LogP contribution in [-0.2, 0) is 14.8 Å². The lowest BCUT2D eigenvalue weighted by Crippen LogP contribution is -2.91. The molecule has 1 amide bonds. The van der Waals surface area contributed by atoms with Crippen molar-refractivity contribution >= 4 is 21.6 Å². The summed E-state index contributed by atoms with van der Waals surface area (Å²) >= 11 is 0. The Labute approximate surface area is 142 Å². The minimum absolute atomic E-state index is 0.0119. The van der Waals surface area contributed by atoms with Crippen LogP contribution in [0.15, 0.2) is 59.5 Å². The largest absolute Gasteiger partial charge is 0.330 e. The topological polar surface area (TPSA) is 106 Å². The predicted molar refractivity (Wildman–Crippen MR) is 92.7 cm³/mol. The molecule has 0 aliphatic heterocycles. The molecule has 0 radical (unpaired) electrons. The van der Waals surface area contributed by atoms with Gasteiger partial charge in [-0.05, 0) is 38.1 Å². The summed E-state index contributed by atoms with van der Waals surface area (Å²) in [6.07, 6.45) is 0. The summed E-state index contributed by atoms with van der Waals surface area (Å²) in [6, 6.07) is 15.6. The average molecular weight is 348 g/mol. The van der Waals surface area contributed by atoms with Gasteiger partial charge in [0.1, 0.15) is 6.04 Å². The van der Waals surface area contributed by atoms with Gasteiger partial charge in [-0.2, -0.15) is 0 Å². The minimum Gasteiger partial charge on any atom is -0.330 e. The van der Waals surface area contributed by atoms with Gasteiger partial charge in [0.25, 0.3) is 5.91 Å². The summed E-state index contributed by atoms with van der Waals surface area (Å²) in [5.74, 6) is -0.152. The fourth-order valence-electron chi connectivity index (χ4n) is 2.37. The van der Waals surface area contributed by atoms with Gasteiger partial charge in [0.2, 0.25) is 10.0 Å². The van der Waals surface area contributed by atoms with E-state index < -0.39 is 10.0 Å². The highest BCUT2D eigenvalue weighted by molar-refractivity contribution is 7.89. The van der Waals surface area contributed by atoms with Crippen molar-refractivity contribution in [2.45, 2.75) is 30.8 Å². The number of nitrogens with one attached hydrogen (secondary N) is 1. The first-order valence-electron chi connectivity index (χ1n) is 7.61. The van der Waals surface area contributed by atoms with Crippen molar-refractivity contribution < 1.29 is 18.5 Å². The van der Waals surface area contributed by atoms with Gasteiger partial charge >= 0.3 is 0 Å². The van der Waals surface area contributed by atoms with Gasteiger partial charge in [-0.25, -0.2) is 13.6 Å². The Bertz CT molecular complexity index is 790. The molecule has 2 aromatic rings. The van der Waals surface area contributed by atoms with Gasteiger partial charge in [0.05, 0.1) is 4.90 Å². The maximum Gasteiger partial charge on any atom is 0.282 e. The lowest BCUT2D eigenvalue weighted by atomic mass is 10.1. The molecule has 0 aromatic heterocycles. The van der Waals surface area contributed by atoms with Crippen LogP contribution in [0.25, 0.3) is 0 Å². The van der Waals surface area contributed by atoms with Crippen molar-refractivity contribution in [3.63, 3.8) is 0 Å². The van der Waals surface area contributed by atoms with Crippen LogP contribution < -0.4 is 15.8 Å². The van der Waals surface area contributed by atoms with E-state index in [9.17, 15) is 13.2 Å².